The molecule has 0 unspecified atom stereocenters. The van der Waals surface area contributed by atoms with Crippen LogP contribution in [-0.2, 0) is 4.79 Å². The number of carbonyl (C=O) groups excluding carboxylic acids is 2. The number of nitrogens with one attached hydrogen (secondary N) is 2. The Bertz CT molecular complexity index is 247. The molecule has 0 aliphatic carbocycles. The van der Waals surface area contributed by atoms with Crippen molar-refractivity contribution in [2.45, 2.75) is 0 Å². The van der Waals surface area contributed by atoms with E-state index in [9.17, 15) is 9.59 Å². The van der Waals surface area contributed by atoms with Gasteiger partial charge in [0.25, 0.3) is 0 Å². The highest BCUT2D eigenvalue weighted by molar-refractivity contribution is 7.10. The van der Waals surface area contributed by atoms with Crippen LogP contribution in [0.25, 0.3) is 0 Å². The highest BCUT2D eigenvalue weighted by Crippen LogP contribution is 2.07. The van der Waals surface area contributed by atoms with Gasteiger partial charge in [0.2, 0.25) is 6.41 Å². The Labute approximate surface area is 65.8 Å². The summed E-state index contributed by atoms with van der Waals surface area (Å²) in [6, 6.07) is -0.592. The minimum atomic E-state index is -0.592. The lowest BCUT2D eigenvalue weighted by molar-refractivity contribution is -0.108. The summed E-state index contributed by atoms with van der Waals surface area (Å²) >= 11 is 1.03. The number of rotatable bonds is 2. The number of carbonyl (C=O) groups is 2. The van der Waals surface area contributed by atoms with Gasteiger partial charge in [0, 0.05) is 11.5 Å². The van der Waals surface area contributed by atoms with Crippen molar-refractivity contribution in [3.05, 3.63) is 6.20 Å². The molecule has 6 nitrogen and oxygen atoms in total. The van der Waals surface area contributed by atoms with Gasteiger partial charge in [-0.2, -0.15) is 0 Å². The molecule has 0 aliphatic heterocycles. The van der Waals surface area contributed by atoms with Gasteiger partial charge < -0.3 is 0 Å². The van der Waals surface area contributed by atoms with Crippen LogP contribution in [0.4, 0.5) is 9.80 Å². The first-order valence-electron chi connectivity index (χ1n) is 2.61. The monoisotopic (exact) mass is 172 g/mol. The fourth-order valence-corrected chi connectivity index (χ4v) is 0.839. The van der Waals surface area contributed by atoms with E-state index in [1.807, 2.05) is 5.32 Å². The zero-order valence-corrected chi connectivity index (χ0v) is 6.09. The Morgan fingerprint density at radius 1 is 1.73 bits per heavy atom. The minimum Gasteiger partial charge on any atom is -0.296 e. The van der Waals surface area contributed by atoms with Gasteiger partial charge in [-0.3, -0.25) is 15.4 Å². The van der Waals surface area contributed by atoms with Crippen molar-refractivity contribution in [2.75, 3.05) is 5.32 Å². The molecule has 1 heterocycles. The fraction of sp³-hybridized carbons (Fsp3) is 0. The molecule has 1 aromatic heterocycles. The normalized spacial score (nSPS) is 8.73. The predicted octanol–water partition coefficient (Wildman–Crippen LogP) is -0.184. The molecule has 0 bridgehead atoms. The maximum atomic E-state index is 10.6. The lowest BCUT2D eigenvalue weighted by Gasteiger charge is -1.95. The third kappa shape index (κ3) is 2.30. The summed E-state index contributed by atoms with van der Waals surface area (Å²) in [6.45, 7) is 0. The van der Waals surface area contributed by atoms with Crippen LogP contribution in [0.2, 0.25) is 0 Å². The molecule has 2 N–H and O–H groups in total. The number of anilines is 1. The van der Waals surface area contributed by atoms with Crippen molar-refractivity contribution in [1.82, 2.24) is 14.9 Å². The number of imide groups is 1. The summed E-state index contributed by atoms with van der Waals surface area (Å²) in [5.74, 6) is 0. The number of amides is 3. The molecule has 11 heavy (non-hydrogen) atoms. The summed E-state index contributed by atoms with van der Waals surface area (Å²) in [6.07, 6.45) is 1.68. The Hall–Kier alpha value is -1.50. The van der Waals surface area contributed by atoms with Crippen molar-refractivity contribution in [3.63, 3.8) is 0 Å². The second-order valence-corrected chi connectivity index (χ2v) is 2.28. The van der Waals surface area contributed by atoms with Crippen LogP contribution in [0.3, 0.4) is 0 Å². The van der Waals surface area contributed by atoms with Crippen molar-refractivity contribution in [2.24, 2.45) is 0 Å². The zero-order valence-electron chi connectivity index (χ0n) is 5.27. The van der Waals surface area contributed by atoms with Gasteiger partial charge in [0.05, 0.1) is 6.20 Å². The van der Waals surface area contributed by atoms with Crippen LogP contribution in [0, 0.1) is 0 Å². The molecule has 0 fully saturated rings. The molecule has 0 atom stereocenters. The van der Waals surface area contributed by atoms with E-state index in [2.05, 4.69) is 14.9 Å². The first kappa shape index (κ1) is 7.61. The zero-order chi connectivity index (χ0) is 8.10. The molecular formula is C4H4N4O2S. The molecule has 0 aromatic carbocycles. The second-order valence-electron chi connectivity index (χ2n) is 1.50. The molecule has 0 aliphatic rings. The van der Waals surface area contributed by atoms with Crippen LogP contribution < -0.4 is 10.6 Å². The van der Waals surface area contributed by atoms with Crippen LogP contribution in [0.15, 0.2) is 6.20 Å². The van der Waals surface area contributed by atoms with E-state index in [1.165, 1.54) is 6.20 Å². The molecule has 1 aromatic rings. The third-order valence-electron chi connectivity index (χ3n) is 0.788. The average Bonchev–Trinajstić information content (AvgIpc) is 2.40. The molecule has 58 valence electrons. The predicted molar refractivity (Wildman–Crippen MR) is 38.1 cm³/mol. The summed E-state index contributed by atoms with van der Waals surface area (Å²) in [7, 11) is 0. The molecule has 3 amide bonds. The Morgan fingerprint density at radius 3 is 3.09 bits per heavy atom. The highest BCUT2D eigenvalue weighted by Gasteiger charge is 2.00. The molecule has 1 rings (SSSR count). The summed E-state index contributed by atoms with van der Waals surface area (Å²) in [5, 5.41) is 8.20. The number of hydrogen-bond acceptors (Lipinski definition) is 5. The van der Waals surface area contributed by atoms with Gasteiger partial charge in [-0.1, -0.05) is 4.49 Å². The highest BCUT2D eigenvalue weighted by atomic mass is 32.1. The number of nitrogens with zero attached hydrogens (tertiary/aromatic N) is 2. The quantitative estimate of drug-likeness (QED) is 0.606. The van der Waals surface area contributed by atoms with Crippen LogP contribution >= 0.6 is 11.5 Å². The first-order chi connectivity index (χ1) is 5.33. The summed E-state index contributed by atoms with van der Waals surface area (Å²) in [4.78, 5) is 20.4. The average molecular weight is 172 g/mol. The standard InChI is InChI=1S/C4H4N4O2S/c9-2-5-4(10)7-3-1-6-8-11-3/h1-2H,(H2,5,7,9,10). The van der Waals surface area contributed by atoms with E-state index >= 15 is 0 Å². The summed E-state index contributed by atoms with van der Waals surface area (Å²) < 4.78 is 3.50. The number of aromatic nitrogens is 2. The van der Waals surface area contributed by atoms with Gasteiger partial charge in [-0.15, -0.1) is 5.10 Å². The molecule has 0 saturated carbocycles. The molecule has 0 saturated heterocycles. The van der Waals surface area contributed by atoms with Gasteiger partial charge in [0.15, 0.2) is 0 Å². The maximum Gasteiger partial charge on any atom is 0.326 e. The maximum absolute atomic E-state index is 10.6. The van der Waals surface area contributed by atoms with Crippen molar-refractivity contribution >= 4 is 29.0 Å². The van der Waals surface area contributed by atoms with Crippen LogP contribution in [0.1, 0.15) is 0 Å². The van der Waals surface area contributed by atoms with Gasteiger partial charge in [-0.05, 0) is 0 Å². The first-order valence-corrected chi connectivity index (χ1v) is 3.39. The van der Waals surface area contributed by atoms with Gasteiger partial charge >= 0.3 is 6.03 Å². The van der Waals surface area contributed by atoms with Crippen LogP contribution in [0.5, 0.6) is 0 Å². The van der Waals surface area contributed by atoms with Crippen LogP contribution in [-0.4, -0.2) is 22.0 Å². The second kappa shape index (κ2) is 3.62. The topological polar surface area (TPSA) is 84.0 Å². The van der Waals surface area contributed by atoms with Crippen molar-refractivity contribution in [1.29, 1.82) is 0 Å². The van der Waals surface area contributed by atoms with Crippen molar-refractivity contribution < 1.29 is 9.59 Å². The van der Waals surface area contributed by atoms with E-state index < -0.39 is 6.03 Å². The van der Waals surface area contributed by atoms with Gasteiger partial charge in [0.1, 0.15) is 5.00 Å². The SMILES string of the molecule is O=CNC(=O)Nc1cnns1. The lowest BCUT2D eigenvalue weighted by Crippen LogP contribution is -2.26. The minimum absolute atomic E-state index is 0.295. The van der Waals surface area contributed by atoms with Crippen molar-refractivity contribution in [3.8, 4) is 0 Å². The Kier molecular flexibility index (Phi) is 2.50. The molecular weight excluding hydrogens is 168 g/mol. The molecule has 0 radical (unpaired) electrons. The fourth-order valence-electron chi connectivity index (χ4n) is 0.424. The summed E-state index contributed by atoms with van der Waals surface area (Å²) in [5.41, 5.74) is 0. The number of urea groups is 1. The van der Waals surface area contributed by atoms with E-state index in [0.717, 1.165) is 11.5 Å². The van der Waals surface area contributed by atoms with E-state index in [1.54, 1.807) is 0 Å². The smallest absolute Gasteiger partial charge is 0.296 e. The lowest BCUT2D eigenvalue weighted by atomic mass is 10.8. The van der Waals surface area contributed by atoms with E-state index in [-0.39, 0.29) is 0 Å². The Morgan fingerprint density at radius 2 is 2.55 bits per heavy atom. The Balaban J connectivity index is 2.43. The van der Waals surface area contributed by atoms with E-state index in [4.69, 9.17) is 0 Å². The molecule has 7 heteroatoms. The van der Waals surface area contributed by atoms with Gasteiger partial charge in [-0.25, -0.2) is 4.79 Å². The molecule has 0 spiro atoms. The van der Waals surface area contributed by atoms with E-state index in [0.29, 0.717) is 11.4 Å². The third-order valence-corrected chi connectivity index (χ3v) is 1.37. The number of hydrogen-bond donors (Lipinski definition) is 2. The largest absolute Gasteiger partial charge is 0.326 e.